The van der Waals surface area contributed by atoms with Crippen molar-refractivity contribution in [3.05, 3.63) is 29.3 Å². The highest BCUT2D eigenvalue weighted by Gasteiger charge is 2.51. The van der Waals surface area contributed by atoms with Gasteiger partial charge in [-0.25, -0.2) is 4.98 Å². The molecule has 0 bridgehead atoms. The Kier molecular flexibility index (Phi) is 5.14. The third-order valence-electron chi connectivity index (χ3n) is 6.67. The van der Waals surface area contributed by atoms with Gasteiger partial charge in [-0.2, -0.15) is 0 Å². The van der Waals surface area contributed by atoms with Crippen LogP contribution in [0.1, 0.15) is 38.2 Å². The number of rotatable bonds is 2. The lowest BCUT2D eigenvalue weighted by Crippen LogP contribution is -2.61. The van der Waals surface area contributed by atoms with Crippen LogP contribution in [0, 0.1) is 11.8 Å². The highest BCUT2D eigenvalue weighted by atomic mass is 32.1. The van der Waals surface area contributed by atoms with Crippen LogP contribution in [-0.2, 0) is 15.1 Å². The van der Waals surface area contributed by atoms with Crippen LogP contribution in [0.5, 0.6) is 0 Å². The largest absolute Gasteiger partial charge is 0.361 e. The molecule has 2 N–H and O–H groups in total. The molecule has 2 aliphatic rings. The van der Waals surface area contributed by atoms with Crippen molar-refractivity contribution in [1.82, 2.24) is 14.8 Å². The van der Waals surface area contributed by atoms with Crippen molar-refractivity contribution >= 4 is 33.4 Å². The van der Waals surface area contributed by atoms with Gasteiger partial charge in [-0.15, -0.1) is 11.3 Å². The van der Waals surface area contributed by atoms with Gasteiger partial charge in [-0.05, 0) is 75.4 Å². The fourth-order valence-electron chi connectivity index (χ4n) is 5.14. The Hall–Kier alpha value is -1.99. The van der Waals surface area contributed by atoms with E-state index in [2.05, 4.69) is 42.1 Å². The summed E-state index contributed by atoms with van der Waals surface area (Å²) >= 11 is 1.62. The number of primary amides is 1. The van der Waals surface area contributed by atoms with Crippen LogP contribution >= 0.6 is 11.3 Å². The molecule has 6 nitrogen and oxygen atoms in total. The zero-order valence-corrected chi connectivity index (χ0v) is 17.4. The zero-order valence-electron chi connectivity index (χ0n) is 16.6. The van der Waals surface area contributed by atoms with Crippen LogP contribution in [0.25, 0.3) is 10.2 Å². The van der Waals surface area contributed by atoms with Crippen LogP contribution in [0.3, 0.4) is 0 Å². The summed E-state index contributed by atoms with van der Waals surface area (Å²) in [5.41, 5.74) is 8.91. The number of nitrogens with two attached hydrogens (primary N) is 1. The topological polar surface area (TPSA) is 79.5 Å². The number of carbonyl (C=O) groups excluding carboxylic acids is 2. The maximum Gasteiger partial charge on any atom is 0.312 e. The van der Waals surface area contributed by atoms with Gasteiger partial charge < -0.3 is 15.5 Å². The van der Waals surface area contributed by atoms with E-state index >= 15 is 0 Å². The predicted octanol–water partition coefficient (Wildman–Crippen LogP) is 2.58. The number of fused-ring (bicyclic) bond motifs is 1. The summed E-state index contributed by atoms with van der Waals surface area (Å²) in [7, 11) is 2.14. The SMILES string of the molecule is CC1CCC(c2ccc3scnc3c2)(C2CCN(C)CC2)N(C(=O)C(N)=O)C1. The molecule has 3 heterocycles. The van der Waals surface area contributed by atoms with Crippen LogP contribution in [0.15, 0.2) is 23.7 Å². The lowest BCUT2D eigenvalue weighted by atomic mass is 9.66. The molecule has 2 aromatic rings. The van der Waals surface area contributed by atoms with Crippen molar-refractivity contribution in [3.63, 3.8) is 0 Å². The predicted molar refractivity (Wildman–Crippen MR) is 111 cm³/mol. The molecule has 7 heteroatoms. The smallest absolute Gasteiger partial charge is 0.312 e. The number of carbonyl (C=O) groups is 2. The maximum absolute atomic E-state index is 13.0. The van der Waals surface area contributed by atoms with Gasteiger partial charge in [0.15, 0.2) is 0 Å². The van der Waals surface area contributed by atoms with E-state index in [0.717, 1.165) is 54.6 Å². The zero-order chi connectivity index (χ0) is 19.9. The van der Waals surface area contributed by atoms with Crippen molar-refractivity contribution in [2.45, 2.75) is 38.1 Å². The van der Waals surface area contributed by atoms with Crippen LogP contribution in [0.4, 0.5) is 0 Å². The van der Waals surface area contributed by atoms with E-state index in [9.17, 15) is 9.59 Å². The molecule has 0 radical (unpaired) electrons. The molecule has 2 saturated heterocycles. The van der Waals surface area contributed by atoms with Gasteiger partial charge in [0.2, 0.25) is 0 Å². The minimum atomic E-state index is -0.860. The molecule has 2 fully saturated rings. The van der Waals surface area contributed by atoms with Crippen molar-refractivity contribution in [3.8, 4) is 0 Å². The molecule has 0 aliphatic carbocycles. The normalized spacial score (nSPS) is 27.2. The Morgan fingerprint density at radius 1 is 1.25 bits per heavy atom. The number of piperidine rings is 2. The van der Waals surface area contributed by atoms with E-state index in [4.69, 9.17) is 5.73 Å². The average molecular weight is 401 g/mol. The quantitative estimate of drug-likeness (QED) is 0.786. The van der Waals surface area contributed by atoms with Crippen molar-refractivity contribution < 1.29 is 9.59 Å². The molecule has 1 aromatic heterocycles. The molecule has 0 spiro atoms. The molecular weight excluding hydrogens is 372 g/mol. The van der Waals surface area contributed by atoms with E-state index in [1.165, 1.54) is 0 Å². The first-order valence-electron chi connectivity index (χ1n) is 10.1. The number of nitrogens with zero attached hydrogens (tertiary/aromatic N) is 3. The van der Waals surface area contributed by atoms with Gasteiger partial charge in [-0.3, -0.25) is 9.59 Å². The van der Waals surface area contributed by atoms with Gasteiger partial charge in [-0.1, -0.05) is 13.0 Å². The molecule has 4 rings (SSSR count). The minimum Gasteiger partial charge on any atom is -0.361 e. The Bertz CT molecular complexity index is 889. The number of thiazole rings is 1. The van der Waals surface area contributed by atoms with Crippen molar-refractivity contribution in [2.24, 2.45) is 17.6 Å². The van der Waals surface area contributed by atoms with Gasteiger partial charge in [0.25, 0.3) is 0 Å². The molecule has 2 atom stereocenters. The van der Waals surface area contributed by atoms with Gasteiger partial charge in [0.1, 0.15) is 0 Å². The minimum absolute atomic E-state index is 0.301. The fourth-order valence-corrected chi connectivity index (χ4v) is 5.80. The summed E-state index contributed by atoms with van der Waals surface area (Å²) in [6.07, 6.45) is 3.90. The Morgan fingerprint density at radius 3 is 2.71 bits per heavy atom. The van der Waals surface area contributed by atoms with Crippen molar-refractivity contribution in [2.75, 3.05) is 26.7 Å². The summed E-state index contributed by atoms with van der Waals surface area (Å²) in [5, 5.41) is 0. The second-order valence-electron chi connectivity index (χ2n) is 8.46. The lowest BCUT2D eigenvalue weighted by molar-refractivity contribution is -0.156. The second-order valence-corrected chi connectivity index (χ2v) is 9.35. The van der Waals surface area contributed by atoms with Crippen molar-refractivity contribution in [1.29, 1.82) is 0 Å². The molecule has 150 valence electrons. The lowest BCUT2D eigenvalue weighted by Gasteiger charge is -2.54. The molecule has 2 aliphatic heterocycles. The third-order valence-corrected chi connectivity index (χ3v) is 7.48. The fraction of sp³-hybridized carbons (Fsp3) is 0.571. The number of hydrogen-bond acceptors (Lipinski definition) is 5. The molecule has 2 unspecified atom stereocenters. The monoisotopic (exact) mass is 400 g/mol. The Labute approximate surface area is 169 Å². The van der Waals surface area contributed by atoms with E-state index in [1.54, 1.807) is 11.3 Å². The van der Waals surface area contributed by atoms with E-state index in [-0.39, 0.29) is 0 Å². The van der Waals surface area contributed by atoms with Crippen LogP contribution < -0.4 is 5.73 Å². The molecule has 2 amide bonds. The third kappa shape index (κ3) is 3.20. The number of amides is 2. The maximum atomic E-state index is 13.0. The number of likely N-dealkylation sites (tertiary alicyclic amines) is 2. The van der Waals surface area contributed by atoms with E-state index in [1.807, 2.05) is 10.4 Å². The highest BCUT2D eigenvalue weighted by molar-refractivity contribution is 7.16. The first-order valence-corrected chi connectivity index (χ1v) is 10.9. The first-order chi connectivity index (χ1) is 13.4. The molecule has 1 aromatic carbocycles. The summed E-state index contributed by atoms with van der Waals surface area (Å²) in [4.78, 5) is 33.6. The van der Waals surface area contributed by atoms with Crippen LogP contribution in [-0.4, -0.2) is 53.3 Å². The summed E-state index contributed by atoms with van der Waals surface area (Å²) in [6, 6.07) is 6.36. The highest BCUT2D eigenvalue weighted by Crippen LogP contribution is 2.49. The van der Waals surface area contributed by atoms with E-state index in [0.29, 0.717) is 18.4 Å². The number of hydrogen-bond donors (Lipinski definition) is 1. The summed E-state index contributed by atoms with van der Waals surface area (Å²) < 4.78 is 1.14. The number of benzene rings is 1. The molecular formula is C21H28N4O2S. The average Bonchev–Trinajstić information content (AvgIpc) is 3.16. The summed E-state index contributed by atoms with van der Waals surface area (Å²) in [5.74, 6) is -0.758. The van der Waals surface area contributed by atoms with Gasteiger partial charge >= 0.3 is 11.8 Å². The summed E-state index contributed by atoms with van der Waals surface area (Å²) in [6.45, 7) is 4.71. The van der Waals surface area contributed by atoms with Gasteiger partial charge in [0, 0.05) is 6.54 Å². The van der Waals surface area contributed by atoms with E-state index < -0.39 is 17.4 Å². The van der Waals surface area contributed by atoms with Gasteiger partial charge in [0.05, 0.1) is 21.3 Å². The molecule has 0 saturated carbocycles. The first kappa shape index (κ1) is 19.3. The Morgan fingerprint density at radius 2 is 2.00 bits per heavy atom. The van der Waals surface area contributed by atoms with Crippen LogP contribution in [0.2, 0.25) is 0 Å². The number of aromatic nitrogens is 1. The molecule has 28 heavy (non-hydrogen) atoms. The second kappa shape index (κ2) is 7.44. The standard InChI is InChI=1S/C21H28N4O2S/c1-14-5-8-21(15-6-9-24(2)10-7-15,25(12-14)20(27)19(22)26)16-3-4-18-17(11-16)23-13-28-18/h3-4,11,13-15H,5-10,12H2,1-2H3,(H2,22,26). The Balaban J connectivity index is 1.86.